The Hall–Kier alpha value is -3.39. The van der Waals surface area contributed by atoms with Gasteiger partial charge < -0.3 is 26.8 Å². The van der Waals surface area contributed by atoms with Crippen molar-refractivity contribution in [3.8, 4) is 0 Å². The molecule has 31 heavy (non-hydrogen) atoms. The summed E-state index contributed by atoms with van der Waals surface area (Å²) in [5, 5.41) is 5.25. The number of nitrogens with two attached hydrogens (primary N) is 2. The fourth-order valence-corrected chi connectivity index (χ4v) is 3.02. The molecule has 0 fully saturated rings. The molecule has 0 unspecified atom stereocenters. The van der Waals surface area contributed by atoms with Crippen LogP contribution in [0, 0.1) is 0 Å². The van der Waals surface area contributed by atoms with Crippen molar-refractivity contribution in [1.82, 2.24) is 10.6 Å². The topological polar surface area (TPSA) is 137 Å². The van der Waals surface area contributed by atoms with Gasteiger partial charge in [-0.1, -0.05) is 60.7 Å². The number of rotatable bonds is 12. The molecule has 8 nitrogen and oxygen atoms in total. The molecule has 0 saturated carbocycles. The molecule has 0 radical (unpaired) electrons. The molecule has 166 valence electrons. The lowest BCUT2D eigenvalue weighted by molar-refractivity contribution is -0.128. The second-order valence-electron chi connectivity index (χ2n) is 7.20. The van der Waals surface area contributed by atoms with Gasteiger partial charge in [-0.25, -0.2) is 4.79 Å². The maximum absolute atomic E-state index is 12.9. The van der Waals surface area contributed by atoms with Gasteiger partial charge in [0.15, 0.2) is 0 Å². The summed E-state index contributed by atoms with van der Waals surface area (Å²) in [5.74, 6) is -1.13. The van der Waals surface area contributed by atoms with Crippen LogP contribution < -0.4 is 22.1 Å². The molecule has 0 heterocycles. The average molecular weight is 427 g/mol. The Morgan fingerprint density at radius 3 is 2.03 bits per heavy atom. The van der Waals surface area contributed by atoms with Gasteiger partial charge in [-0.3, -0.25) is 9.59 Å². The van der Waals surface area contributed by atoms with Crippen LogP contribution in [0.4, 0.5) is 4.79 Å². The van der Waals surface area contributed by atoms with Crippen LogP contribution in [-0.4, -0.2) is 36.5 Å². The SMILES string of the molecule is NCCCC[C@H](NC(=O)[C@H](Cc1ccccc1)NC(=O)OCc1ccccc1)C(N)=O. The number of primary amides is 1. The number of alkyl carbamates (subject to hydrolysis) is 1. The smallest absolute Gasteiger partial charge is 0.408 e. The van der Waals surface area contributed by atoms with Crippen molar-refractivity contribution in [1.29, 1.82) is 0 Å². The number of nitrogens with one attached hydrogen (secondary N) is 2. The molecule has 0 aliphatic rings. The molecule has 2 atom stereocenters. The largest absolute Gasteiger partial charge is 0.445 e. The Kier molecular flexibility index (Phi) is 10.0. The molecule has 3 amide bonds. The number of unbranched alkanes of at least 4 members (excludes halogenated alkanes) is 1. The Labute approximate surface area is 182 Å². The zero-order valence-electron chi connectivity index (χ0n) is 17.5. The zero-order valence-corrected chi connectivity index (χ0v) is 17.5. The predicted octanol–water partition coefficient (Wildman–Crippen LogP) is 1.62. The molecule has 2 aromatic rings. The van der Waals surface area contributed by atoms with Crippen LogP contribution in [0.3, 0.4) is 0 Å². The average Bonchev–Trinajstić information content (AvgIpc) is 2.78. The van der Waals surface area contributed by atoms with Crippen molar-refractivity contribution in [2.45, 2.75) is 44.4 Å². The van der Waals surface area contributed by atoms with Crippen LogP contribution >= 0.6 is 0 Å². The number of hydrogen-bond donors (Lipinski definition) is 4. The first-order chi connectivity index (χ1) is 15.0. The lowest BCUT2D eigenvalue weighted by Crippen LogP contribution is -2.53. The summed E-state index contributed by atoms with van der Waals surface area (Å²) >= 11 is 0. The Morgan fingerprint density at radius 1 is 0.839 bits per heavy atom. The van der Waals surface area contributed by atoms with Gasteiger partial charge in [0.05, 0.1) is 0 Å². The number of amides is 3. The Bertz CT molecular complexity index is 830. The van der Waals surface area contributed by atoms with E-state index in [-0.39, 0.29) is 13.0 Å². The van der Waals surface area contributed by atoms with E-state index in [4.69, 9.17) is 16.2 Å². The fourth-order valence-electron chi connectivity index (χ4n) is 3.02. The summed E-state index contributed by atoms with van der Waals surface area (Å²) < 4.78 is 5.24. The number of carbonyl (C=O) groups is 3. The highest BCUT2D eigenvalue weighted by atomic mass is 16.5. The summed E-state index contributed by atoms with van der Waals surface area (Å²) in [4.78, 5) is 37.0. The first-order valence-corrected chi connectivity index (χ1v) is 10.3. The van der Waals surface area contributed by atoms with Crippen molar-refractivity contribution < 1.29 is 19.1 Å². The van der Waals surface area contributed by atoms with E-state index in [1.807, 2.05) is 60.7 Å². The molecule has 0 spiro atoms. The highest BCUT2D eigenvalue weighted by molar-refractivity contribution is 5.90. The minimum atomic E-state index is -0.929. The maximum Gasteiger partial charge on any atom is 0.408 e. The molecular weight excluding hydrogens is 396 g/mol. The fraction of sp³-hybridized carbons (Fsp3) is 0.348. The van der Waals surface area contributed by atoms with Crippen LogP contribution in [0.25, 0.3) is 0 Å². The quantitative estimate of drug-likeness (QED) is 0.382. The molecule has 6 N–H and O–H groups in total. The van der Waals surface area contributed by atoms with Gasteiger partial charge in [0, 0.05) is 6.42 Å². The van der Waals surface area contributed by atoms with Gasteiger partial charge in [-0.05, 0) is 36.9 Å². The molecule has 8 heteroatoms. The second-order valence-corrected chi connectivity index (χ2v) is 7.20. The molecule has 0 aromatic heterocycles. The molecule has 2 rings (SSSR count). The monoisotopic (exact) mass is 426 g/mol. The highest BCUT2D eigenvalue weighted by Crippen LogP contribution is 2.07. The predicted molar refractivity (Wildman–Crippen MR) is 118 cm³/mol. The standard InChI is InChI=1S/C23H30N4O4/c24-14-8-7-13-19(21(25)28)26-22(29)20(15-17-9-3-1-4-10-17)27-23(30)31-16-18-11-5-2-6-12-18/h1-6,9-12,19-20H,7-8,13-16,24H2,(H2,25,28)(H,26,29)(H,27,30)/t19-,20-/m0/s1. The Balaban J connectivity index is 2.03. The van der Waals surface area contributed by atoms with Gasteiger partial charge in [0.1, 0.15) is 18.7 Å². The minimum absolute atomic E-state index is 0.0787. The van der Waals surface area contributed by atoms with Crippen molar-refractivity contribution >= 4 is 17.9 Å². The van der Waals surface area contributed by atoms with Crippen LogP contribution in [0.5, 0.6) is 0 Å². The van der Waals surface area contributed by atoms with Gasteiger partial charge in [0.25, 0.3) is 0 Å². The summed E-state index contributed by atoms with van der Waals surface area (Å²) in [7, 11) is 0. The minimum Gasteiger partial charge on any atom is -0.445 e. The van der Waals surface area contributed by atoms with E-state index >= 15 is 0 Å². The van der Waals surface area contributed by atoms with Crippen LogP contribution in [-0.2, 0) is 27.4 Å². The second kappa shape index (κ2) is 13.0. The van der Waals surface area contributed by atoms with E-state index in [1.165, 1.54) is 0 Å². The summed E-state index contributed by atoms with van der Waals surface area (Å²) in [5.41, 5.74) is 12.6. The third-order valence-electron chi connectivity index (χ3n) is 4.71. The van der Waals surface area contributed by atoms with E-state index in [0.29, 0.717) is 19.4 Å². The summed E-state index contributed by atoms with van der Waals surface area (Å²) in [6.07, 6.45) is 1.27. The third-order valence-corrected chi connectivity index (χ3v) is 4.71. The number of carbonyl (C=O) groups excluding carboxylic acids is 3. The maximum atomic E-state index is 12.9. The van der Waals surface area contributed by atoms with E-state index < -0.39 is 30.0 Å². The van der Waals surface area contributed by atoms with Crippen molar-refractivity contribution in [2.75, 3.05) is 6.54 Å². The zero-order chi connectivity index (χ0) is 22.5. The highest BCUT2D eigenvalue weighted by Gasteiger charge is 2.26. The number of hydrogen-bond acceptors (Lipinski definition) is 5. The van der Waals surface area contributed by atoms with E-state index in [1.54, 1.807) is 0 Å². The van der Waals surface area contributed by atoms with Crippen molar-refractivity contribution in [2.24, 2.45) is 11.5 Å². The first-order valence-electron chi connectivity index (χ1n) is 10.3. The molecule has 0 saturated heterocycles. The van der Waals surface area contributed by atoms with Crippen LogP contribution in [0.1, 0.15) is 30.4 Å². The lowest BCUT2D eigenvalue weighted by Gasteiger charge is -2.22. The molecule has 0 aliphatic carbocycles. The summed E-state index contributed by atoms with van der Waals surface area (Å²) in [6.45, 7) is 0.570. The van der Waals surface area contributed by atoms with E-state index in [9.17, 15) is 14.4 Å². The van der Waals surface area contributed by atoms with Gasteiger partial charge in [-0.2, -0.15) is 0 Å². The van der Waals surface area contributed by atoms with Crippen LogP contribution in [0.15, 0.2) is 60.7 Å². The molecule has 0 aliphatic heterocycles. The molecule has 0 bridgehead atoms. The van der Waals surface area contributed by atoms with Gasteiger partial charge in [0.2, 0.25) is 11.8 Å². The Morgan fingerprint density at radius 2 is 1.45 bits per heavy atom. The number of benzene rings is 2. The first kappa shape index (κ1) is 23.9. The molecular formula is C23H30N4O4. The van der Waals surface area contributed by atoms with Crippen LogP contribution in [0.2, 0.25) is 0 Å². The van der Waals surface area contributed by atoms with Gasteiger partial charge >= 0.3 is 6.09 Å². The van der Waals surface area contributed by atoms with Gasteiger partial charge in [-0.15, -0.1) is 0 Å². The van der Waals surface area contributed by atoms with Crippen molar-refractivity contribution in [3.63, 3.8) is 0 Å². The normalized spacial score (nSPS) is 12.4. The third kappa shape index (κ3) is 8.88. The van der Waals surface area contributed by atoms with E-state index in [0.717, 1.165) is 17.5 Å². The number of ether oxygens (including phenoxy) is 1. The van der Waals surface area contributed by atoms with E-state index in [2.05, 4.69) is 10.6 Å². The lowest BCUT2D eigenvalue weighted by atomic mass is 10.0. The van der Waals surface area contributed by atoms with Crippen molar-refractivity contribution in [3.05, 3.63) is 71.8 Å². The molecule has 2 aromatic carbocycles. The summed E-state index contributed by atoms with van der Waals surface area (Å²) in [6, 6.07) is 16.7.